The quantitative estimate of drug-likeness (QED) is 0.0195. The van der Waals surface area contributed by atoms with Crippen molar-refractivity contribution in [3.63, 3.8) is 0 Å². The summed E-state index contributed by atoms with van der Waals surface area (Å²) in [6.07, 6.45) is 62.1. The first-order valence-corrected chi connectivity index (χ1v) is 32.9. The smallest absolute Gasteiger partial charge is 0.305 e. The summed E-state index contributed by atoms with van der Waals surface area (Å²) in [4.78, 5) is 25.1. The van der Waals surface area contributed by atoms with Crippen LogP contribution in [-0.2, 0) is 23.8 Å². The van der Waals surface area contributed by atoms with E-state index in [9.17, 15) is 35.1 Å². The van der Waals surface area contributed by atoms with E-state index in [4.69, 9.17) is 14.2 Å². The highest BCUT2D eigenvalue weighted by Crippen LogP contribution is 2.23. The Morgan fingerprint density at radius 3 is 1.33 bits per heavy atom. The first-order chi connectivity index (χ1) is 38.2. The number of esters is 1. The van der Waals surface area contributed by atoms with Gasteiger partial charge >= 0.3 is 5.97 Å². The predicted octanol–water partition coefficient (Wildman–Crippen LogP) is 16.0. The highest BCUT2D eigenvalue weighted by Gasteiger charge is 2.44. The number of ether oxygens (including phenoxy) is 3. The van der Waals surface area contributed by atoms with Crippen LogP contribution in [0.3, 0.4) is 0 Å². The zero-order valence-electron chi connectivity index (χ0n) is 50.4. The third-order valence-electron chi connectivity index (χ3n) is 15.4. The van der Waals surface area contributed by atoms with Crippen molar-refractivity contribution in [1.29, 1.82) is 0 Å². The lowest BCUT2D eigenvalue weighted by Gasteiger charge is -2.40. The van der Waals surface area contributed by atoms with Crippen LogP contribution in [0.5, 0.6) is 0 Å². The summed E-state index contributed by atoms with van der Waals surface area (Å²) in [6, 6.07) is -0.815. The molecule has 0 aromatic rings. The fraction of sp³-hybridized carbons (Fsp3) is 0.851. The minimum atomic E-state index is -1.57. The first kappa shape index (κ1) is 73.6. The van der Waals surface area contributed by atoms with Gasteiger partial charge in [0, 0.05) is 12.8 Å². The normalized spacial score (nSPS) is 18.8. The van der Waals surface area contributed by atoms with Crippen LogP contribution in [0, 0.1) is 0 Å². The molecule has 0 bridgehead atoms. The summed E-state index contributed by atoms with van der Waals surface area (Å²) in [5.74, 6) is -0.199. The number of hydrogen-bond donors (Lipinski definition) is 6. The number of amides is 1. The molecule has 1 aliphatic rings. The maximum Gasteiger partial charge on any atom is 0.305 e. The molecule has 11 heteroatoms. The van der Waals surface area contributed by atoms with Gasteiger partial charge in [0.1, 0.15) is 24.4 Å². The van der Waals surface area contributed by atoms with E-state index in [0.29, 0.717) is 19.4 Å². The summed E-state index contributed by atoms with van der Waals surface area (Å²) in [7, 11) is 0. The van der Waals surface area contributed by atoms with Crippen LogP contribution in [0.25, 0.3) is 0 Å². The molecule has 1 aliphatic heterocycles. The van der Waals surface area contributed by atoms with E-state index in [-0.39, 0.29) is 18.5 Å². The van der Waals surface area contributed by atoms with Crippen molar-refractivity contribution in [3.8, 4) is 0 Å². The van der Waals surface area contributed by atoms with E-state index >= 15 is 0 Å². The molecule has 0 aromatic carbocycles. The molecule has 78 heavy (non-hydrogen) atoms. The third-order valence-corrected chi connectivity index (χ3v) is 15.4. The third kappa shape index (κ3) is 45.3. The fourth-order valence-electron chi connectivity index (χ4n) is 10.2. The number of aliphatic hydroxyl groups excluding tert-OH is 5. The molecule has 1 rings (SSSR count). The van der Waals surface area contributed by atoms with Gasteiger partial charge in [0.2, 0.25) is 5.91 Å². The average Bonchev–Trinajstić information content (AvgIpc) is 3.44. The molecule has 11 nitrogen and oxygen atoms in total. The largest absolute Gasteiger partial charge is 0.466 e. The van der Waals surface area contributed by atoms with Crippen LogP contribution in [0.4, 0.5) is 0 Å². The molecule has 0 aromatic heterocycles. The van der Waals surface area contributed by atoms with Gasteiger partial charge in [0.05, 0.1) is 32.0 Å². The summed E-state index contributed by atoms with van der Waals surface area (Å²) in [5.41, 5.74) is 0. The van der Waals surface area contributed by atoms with Gasteiger partial charge in [-0.05, 0) is 89.9 Å². The molecule has 0 aliphatic carbocycles. The molecule has 7 atom stereocenters. The Morgan fingerprint density at radius 2 is 0.859 bits per heavy atom. The van der Waals surface area contributed by atoms with Gasteiger partial charge in [0.25, 0.3) is 0 Å². The number of unbranched alkanes of at least 4 members (excludes halogenated alkanes) is 37. The van der Waals surface area contributed by atoms with Gasteiger partial charge in [-0.25, -0.2) is 0 Å². The number of hydrogen-bond acceptors (Lipinski definition) is 10. The van der Waals surface area contributed by atoms with Crippen LogP contribution >= 0.6 is 0 Å². The molecule has 1 fully saturated rings. The van der Waals surface area contributed by atoms with Gasteiger partial charge in [0.15, 0.2) is 6.29 Å². The van der Waals surface area contributed by atoms with Crippen molar-refractivity contribution in [2.24, 2.45) is 0 Å². The molecular formula is C67H123NO10. The zero-order chi connectivity index (χ0) is 56.6. The van der Waals surface area contributed by atoms with E-state index in [1.165, 1.54) is 193 Å². The van der Waals surface area contributed by atoms with Crippen LogP contribution in [0.1, 0.15) is 303 Å². The average molecular weight is 1100 g/mol. The van der Waals surface area contributed by atoms with Crippen molar-refractivity contribution >= 4 is 11.9 Å². The Labute approximate surface area is 478 Å². The Morgan fingerprint density at radius 1 is 0.474 bits per heavy atom. The lowest BCUT2D eigenvalue weighted by molar-refractivity contribution is -0.302. The second kappa shape index (κ2) is 56.5. The van der Waals surface area contributed by atoms with Crippen molar-refractivity contribution in [2.75, 3.05) is 19.8 Å². The van der Waals surface area contributed by atoms with E-state index in [0.717, 1.165) is 83.5 Å². The zero-order valence-corrected chi connectivity index (χ0v) is 50.4. The molecule has 0 saturated carbocycles. The van der Waals surface area contributed by atoms with Crippen molar-refractivity contribution in [1.82, 2.24) is 5.32 Å². The minimum Gasteiger partial charge on any atom is -0.466 e. The van der Waals surface area contributed by atoms with E-state index in [1.807, 2.05) is 6.08 Å². The summed E-state index contributed by atoms with van der Waals surface area (Å²) in [6.45, 7) is 4.32. The first-order valence-electron chi connectivity index (χ1n) is 32.9. The number of carbonyl (C=O) groups excluding carboxylic acids is 2. The summed E-state index contributed by atoms with van der Waals surface area (Å²) in [5, 5.41) is 54.4. The van der Waals surface area contributed by atoms with Crippen molar-refractivity contribution in [2.45, 2.75) is 346 Å². The number of rotatable bonds is 57. The Balaban J connectivity index is 2.05. The van der Waals surface area contributed by atoms with E-state index < -0.39 is 49.5 Å². The molecule has 1 amide bonds. The highest BCUT2D eigenvalue weighted by atomic mass is 16.7. The summed E-state index contributed by atoms with van der Waals surface area (Å²) >= 11 is 0. The standard InChI is InChI=1S/C67H123NO10/c1-3-5-7-9-11-13-15-30-33-37-41-45-49-53-60(70)59(58-77-67-66(75)65(74)64(73)61(57-69)78-67)68-62(71)54-50-46-42-38-34-31-28-26-24-22-20-18-17-19-21-23-25-27-29-32-36-40-44-48-52-56-76-63(72)55-51-47-43-39-35-16-14-12-10-8-6-4-2/h12,14,18-21,49,53,59-61,64-67,69-70,73-75H,3-11,13,15-17,22-48,50-52,54-58H2,1-2H3,(H,68,71)/b14-12-,20-18-,21-19-,53-49+. The molecule has 1 heterocycles. The second-order valence-corrected chi connectivity index (χ2v) is 22.8. The molecule has 6 N–H and O–H groups in total. The molecule has 7 unspecified atom stereocenters. The monoisotopic (exact) mass is 1100 g/mol. The van der Waals surface area contributed by atoms with Gasteiger partial charge in [-0.3, -0.25) is 9.59 Å². The molecule has 0 radical (unpaired) electrons. The maximum absolute atomic E-state index is 13.1. The van der Waals surface area contributed by atoms with E-state index in [1.54, 1.807) is 6.08 Å². The molecule has 0 spiro atoms. The maximum atomic E-state index is 13.1. The van der Waals surface area contributed by atoms with Crippen LogP contribution in [0.2, 0.25) is 0 Å². The van der Waals surface area contributed by atoms with Gasteiger partial charge in [-0.2, -0.15) is 0 Å². The van der Waals surface area contributed by atoms with Gasteiger partial charge < -0.3 is 45.1 Å². The Kier molecular flexibility index (Phi) is 53.3. The lowest BCUT2D eigenvalue weighted by atomic mass is 9.99. The van der Waals surface area contributed by atoms with Crippen LogP contribution < -0.4 is 5.32 Å². The Bertz CT molecular complexity index is 1430. The fourth-order valence-corrected chi connectivity index (χ4v) is 10.2. The van der Waals surface area contributed by atoms with E-state index in [2.05, 4.69) is 55.6 Å². The minimum absolute atomic E-state index is 0.0119. The highest BCUT2D eigenvalue weighted by molar-refractivity contribution is 5.76. The molecule has 1 saturated heterocycles. The number of carbonyl (C=O) groups is 2. The van der Waals surface area contributed by atoms with Crippen molar-refractivity contribution in [3.05, 3.63) is 48.6 Å². The van der Waals surface area contributed by atoms with Crippen LogP contribution in [0.15, 0.2) is 48.6 Å². The Hall–Kier alpha value is -2.38. The van der Waals surface area contributed by atoms with Crippen LogP contribution in [-0.4, -0.2) is 100 Å². The number of nitrogens with one attached hydrogen (secondary N) is 1. The summed E-state index contributed by atoms with van der Waals surface area (Å²) < 4.78 is 16.7. The van der Waals surface area contributed by atoms with Crippen molar-refractivity contribution < 1.29 is 49.3 Å². The number of aliphatic hydroxyl groups is 5. The lowest BCUT2D eigenvalue weighted by Crippen LogP contribution is -2.60. The predicted molar refractivity (Wildman–Crippen MR) is 324 cm³/mol. The SMILES string of the molecule is CCCCC/C=C\CCCCCCCC(=O)OCCCCCCCCCCC/C=C\C/C=C\CCCCCCCCCCCC(=O)NC(COC1OC(CO)C(O)C(O)C1O)C(O)/C=C/CCCCCCCCCCCCC. The number of allylic oxidation sites excluding steroid dienone is 7. The topological polar surface area (TPSA) is 175 Å². The molecule has 456 valence electrons. The van der Waals surface area contributed by atoms with Gasteiger partial charge in [-0.15, -0.1) is 0 Å². The van der Waals surface area contributed by atoms with Gasteiger partial charge in [-0.1, -0.05) is 249 Å². The molecular weight excluding hydrogens is 979 g/mol. The second-order valence-electron chi connectivity index (χ2n) is 22.8.